The number of nitrogens with zero attached hydrogens (tertiary/aromatic N) is 1. The van der Waals surface area contributed by atoms with Gasteiger partial charge in [0.25, 0.3) is 5.91 Å². The van der Waals surface area contributed by atoms with Crippen LogP contribution in [0.4, 0.5) is 5.69 Å². The molecule has 1 N–H and O–H groups in total. The van der Waals surface area contributed by atoms with Crippen molar-refractivity contribution in [2.45, 2.75) is 31.6 Å². The molecule has 2 aromatic rings. The first kappa shape index (κ1) is 20.2. The van der Waals surface area contributed by atoms with Crippen molar-refractivity contribution >= 4 is 27.4 Å². The highest BCUT2D eigenvalue weighted by molar-refractivity contribution is 7.89. The highest BCUT2D eigenvalue weighted by atomic mass is 32.2. The summed E-state index contributed by atoms with van der Waals surface area (Å²) in [4.78, 5) is 24.4. The monoisotopic (exact) mass is 400 g/mol. The van der Waals surface area contributed by atoms with Crippen molar-refractivity contribution in [1.29, 1.82) is 0 Å². The molecule has 0 unspecified atom stereocenters. The maximum atomic E-state index is 12.8. The lowest BCUT2D eigenvalue weighted by atomic mass is 10.0. The molecule has 1 heterocycles. The number of sulfonamides is 1. The van der Waals surface area contributed by atoms with E-state index in [1.54, 1.807) is 24.3 Å². The number of rotatable bonds is 5. The molecule has 1 amide bonds. The van der Waals surface area contributed by atoms with E-state index in [9.17, 15) is 18.0 Å². The van der Waals surface area contributed by atoms with Crippen LogP contribution < -0.4 is 5.32 Å². The molecular weight excluding hydrogens is 376 g/mol. The topological polar surface area (TPSA) is 83.5 Å². The lowest BCUT2D eigenvalue weighted by Gasteiger charge is -2.30. The first-order chi connectivity index (χ1) is 13.3. The van der Waals surface area contributed by atoms with Gasteiger partial charge in [0, 0.05) is 24.2 Å². The standard InChI is InChI=1S/C21H24N2O4S/c1-15-6-5-13-23(14-15)28(26,27)18-11-9-17(10-12-18)21(25)22-20-8-4-3-7-19(20)16(2)24/h3-4,7-12,15H,5-6,13-14H2,1-2H3,(H,22,25)/t15-/m0/s1. The van der Waals surface area contributed by atoms with Crippen molar-refractivity contribution in [3.05, 3.63) is 59.7 Å². The quantitative estimate of drug-likeness (QED) is 0.778. The van der Waals surface area contributed by atoms with Gasteiger partial charge in [-0.05, 0) is 62.1 Å². The van der Waals surface area contributed by atoms with E-state index in [1.807, 2.05) is 6.92 Å². The first-order valence-electron chi connectivity index (χ1n) is 9.30. The number of ketones is 1. The Morgan fingerprint density at radius 2 is 1.75 bits per heavy atom. The van der Waals surface area contributed by atoms with E-state index < -0.39 is 15.9 Å². The molecule has 1 aliphatic heterocycles. The minimum atomic E-state index is -3.56. The van der Waals surface area contributed by atoms with Gasteiger partial charge in [0.15, 0.2) is 5.78 Å². The molecule has 148 valence electrons. The van der Waals surface area contributed by atoms with E-state index in [1.165, 1.54) is 35.5 Å². The zero-order valence-corrected chi connectivity index (χ0v) is 16.8. The van der Waals surface area contributed by atoms with Gasteiger partial charge in [0.1, 0.15) is 0 Å². The number of hydrogen-bond donors (Lipinski definition) is 1. The minimum absolute atomic E-state index is 0.145. The van der Waals surface area contributed by atoms with Gasteiger partial charge in [-0.15, -0.1) is 0 Å². The Morgan fingerprint density at radius 3 is 2.39 bits per heavy atom. The lowest BCUT2D eigenvalue weighted by molar-refractivity contribution is 0.101. The second-order valence-corrected chi connectivity index (χ2v) is 9.13. The average molecular weight is 401 g/mol. The molecule has 1 fully saturated rings. The van der Waals surface area contributed by atoms with Crippen molar-refractivity contribution < 1.29 is 18.0 Å². The van der Waals surface area contributed by atoms with Crippen LogP contribution in [-0.4, -0.2) is 37.5 Å². The van der Waals surface area contributed by atoms with Crippen molar-refractivity contribution in [2.24, 2.45) is 5.92 Å². The Morgan fingerprint density at radius 1 is 1.07 bits per heavy atom. The van der Waals surface area contributed by atoms with Crippen molar-refractivity contribution in [2.75, 3.05) is 18.4 Å². The molecule has 1 aliphatic rings. The second-order valence-electron chi connectivity index (χ2n) is 7.19. The van der Waals surface area contributed by atoms with Crippen LogP contribution in [0.2, 0.25) is 0 Å². The Bertz CT molecular complexity index is 984. The first-order valence-corrected chi connectivity index (χ1v) is 10.7. The van der Waals surface area contributed by atoms with Gasteiger partial charge >= 0.3 is 0 Å². The summed E-state index contributed by atoms with van der Waals surface area (Å²) in [7, 11) is -3.56. The fraction of sp³-hybridized carbons (Fsp3) is 0.333. The molecule has 0 aliphatic carbocycles. The number of anilines is 1. The average Bonchev–Trinajstić information content (AvgIpc) is 2.68. The Hall–Kier alpha value is -2.51. The number of Topliss-reactive ketones (excluding diaryl/α,β-unsaturated/α-hetero) is 1. The Balaban J connectivity index is 1.77. The Labute approximate surface area is 165 Å². The van der Waals surface area contributed by atoms with Crippen LogP contribution >= 0.6 is 0 Å². The molecule has 0 spiro atoms. The molecule has 2 aromatic carbocycles. The largest absolute Gasteiger partial charge is 0.321 e. The van der Waals surface area contributed by atoms with Gasteiger partial charge in [-0.25, -0.2) is 8.42 Å². The van der Waals surface area contributed by atoms with E-state index in [0.717, 1.165) is 12.8 Å². The van der Waals surface area contributed by atoms with Crippen LogP contribution in [0.25, 0.3) is 0 Å². The normalized spacial score (nSPS) is 17.9. The summed E-state index contributed by atoms with van der Waals surface area (Å²) < 4.78 is 27.1. The van der Waals surface area contributed by atoms with E-state index >= 15 is 0 Å². The van der Waals surface area contributed by atoms with Gasteiger partial charge in [-0.2, -0.15) is 4.31 Å². The van der Waals surface area contributed by atoms with Gasteiger partial charge < -0.3 is 5.32 Å². The maximum absolute atomic E-state index is 12.8. The molecule has 0 saturated carbocycles. The molecule has 0 bridgehead atoms. The number of benzene rings is 2. The van der Waals surface area contributed by atoms with Gasteiger partial charge in [0.2, 0.25) is 10.0 Å². The molecule has 1 atom stereocenters. The van der Waals surface area contributed by atoms with E-state index in [-0.39, 0.29) is 10.7 Å². The van der Waals surface area contributed by atoms with Crippen LogP contribution in [0.5, 0.6) is 0 Å². The highest BCUT2D eigenvalue weighted by Crippen LogP contribution is 2.24. The molecule has 7 heteroatoms. The van der Waals surface area contributed by atoms with Crippen molar-refractivity contribution in [3.8, 4) is 0 Å². The third-order valence-electron chi connectivity index (χ3n) is 4.93. The maximum Gasteiger partial charge on any atom is 0.255 e. The van der Waals surface area contributed by atoms with Gasteiger partial charge in [-0.3, -0.25) is 9.59 Å². The van der Waals surface area contributed by atoms with Crippen molar-refractivity contribution in [1.82, 2.24) is 4.31 Å². The number of piperidine rings is 1. The summed E-state index contributed by atoms with van der Waals surface area (Å²) in [6.07, 6.45) is 1.89. The van der Waals surface area contributed by atoms with Crippen LogP contribution in [0, 0.1) is 5.92 Å². The summed E-state index contributed by atoms with van der Waals surface area (Å²) in [6.45, 7) is 4.53. The predicted octanol–water partition coefficient (Wildman–Crippen LogP) is 3.56. The second kappa shape index (κ2) is 8.24. The Kier molecular flexibility index (Phi) is 5.96. The van der Waals surface area contributed by atoms with Crippen LogP contribution in [0.1, 0.15) is 47.4 Å². The van der Waals surface area contributed by atoms with E-state index in [2.05, 4.69) is 5.32 Å². The number of para-hydroxylation sites is 1. The third-order valence-corrected chi connectivity index (χ3v) is 6.81. The fourth-order valence-corrected chi connectivity index (χ4v) is 4.98. The highest BCUT2D eigenvalue weighted by Gasteiger charge is 2.28. The number of carbonyl (C=O) groups is 2. The molecule has 0 aromatic heterocycles. The van der Waals surface area contributed by atoms with E-state index in [0.29, 0.717) is 35.8 Å². The minimum Gasteiger partial charge on any atom is -0.321 e. The van der Waals surface area contributed by atoms with Crippen molar-refractivity contribution in [3.63, 3.8) is 0 Å². The van der Waals surface area contributed by atoms with Gasteiger partial charge in [0.05, 0.1) is 10.6 Å². The molecule has 3 rings (SSSR count). The summed E-state index contributed by atoms with van der Waals surface area (Å²) >= 11 is 0. The number of amides is 1. The van der Waals surface area contributed by atoms with Crippen LogP contribution in [0.3, 0.4) is 0 Å². The number of carbonyl (C=O) groups excluding carboxylic acids is 2. The third kappa shape index (κ3) is 4.31. The SMILES string of the molecule is CC(=O)c1ccccc1NC(=O)c1ccc(S(=O)(=O)N2CCC[C@H](C)C2)cc1. The number of hydrogen-bond acceptors (Lipinski definition) is 4. The molecular formula is C21H24N2O4S. The number of nitrogens with one attached hydrogen (secondary N) is 1. The van der Waals surface area contributed by atoms with Crippen LogP contribution in [-0.2, 0) is 10.0 Å². The van der Waals surface area contributed by atoms with Crippen LogP contribution in [0.15, 0.2) is 53.4 Å². The summed E-state index contributed by atoms with van der Waals surface area (Å²) in [5.74, 6) is -0.202. The zero-order chi connectivity index (χ0) is 20.3. The summed E-state index contributed by atoms with van der Waals surface area (Å²) in [5.41, 5.74) is 1.18. The smallest absolute Gasteiger partial charge is 0.255 e. The molecule has 0 radical (unpaired) electrons. The molecule has 28 heavy (non-hydrogen) atoms. The van der Waals surface area contributed by atoms with Gasteiger partial charge in [-0.1, -0.05) is 19.1 Å². The predicted molar refractivity (Wildman–Crippen MR) is 108 cm³/mol. The lowest BCUT2D eigenvalue weighted by Crippen LogP contribution is -2.39. The molecule has 6 nitrogen and oxygen atoms in total. The molecule has 1 saturated heterocycles. The zero-order valence-electron chi connectivity index (χ0n) is 16.0. The van der Waals surface area contributed by atoms with E-state index in [4.69, 9.17) is 0 Å². The fourth-order valence-electron chi connectivity index (χ4n) is 3.39. The summed E-state index contributed by atoms with van der Waals surface area (Å²) in [5, 5.41) is 2.72. The summed E-state index contributed by atoms with van der Waals surface area (Å²) in [6, 6.07) is 12.7.